The molecule has 9 heteroatoms. The Morgan fingerprint density at radius 2 is 1.84 bits per heavy atom. The van der Waals surface area contributed by atoms with Crippen molar-refractivity contribution in [1.82, 2.24) is 4.90 Å². The third-order valence-electron chi connectivity index (χ3n) is 6.22. The van der Waals surface area contributed by atoms with E-state index in [0.717, 1.165) is 17.8 Å². The van der Waals surface area contributed by atoms with E-state index in [9.17, 15) is 18.3 Å². The van der Waals surface area contributed by atoms with Crippen molar-refractivity contribution in [1.29, 1.82) is 0 Å². The summed E-state index contributed by atoms with van der Waals surface area (Å²) in [6, 6.07) is 23.3. The highest BCUT2D eigenvalue weighted by Gasteiger charge is 2.27. The van der Waals surface area contributed by atoms with E-state index in [1.165, 1.54) is 12.1 Å². The zero-order chi connectivity index (χ0) is 26.4. The monoisotopic (exact) mass is 540 g/mol. The summed E-state index contributed by atoms with van der Waals surface area (Å²) in [6.07, 6.45) is -0.257. The van der Waals surface area contributed by atoms with Crippen molar-refractivity contribution in [2.75, 3.05) is 24.7 Å². The van der Waals surface area contributed by atoms with Gasteiger partial charge < -0.3 is 15.2 Å². The number of ether oxygens (including phenoxy) is 1. The first-order valence-electron chi connectivity index (χ1n) is 12.1. The first-order valence-corrected chi connectivity index (χ1v) is 14.7. The predicted molar refractivity (Wildman–Crippen MR) is 148 cm³/mol. The van der Waals surface area contributed by atoms with Crippen molar-refractivity contribution in [3.8, 4) is 5.75 Å². The highest BCUT2D eigenvalue weighted by atomic mass is 32.2. The van der Waals surface area contributed by atoms with Gasteiger partial charge in [0, 0.05) is 23.4 Å². The molecule has 0 saturated carbocycles. The smallest absolute Gasteiger partial charge is 0.303 e. The summed E-state index contributed by atoms with van der Waals surface area (Å²) in [5, 5.41) is 13.4. The van der Waals surface area contributed by atoms with E-state index in [4.69, 9.17) is 4.74 Å². The number of aliphatic carboxylic acids is 1. The average molecular weight is 541 g/mol. The van der Waals surface area contributed by atoms with Gasteiger partial charge in [0.25, 0.3) is 0 Å². The van der Waals surface area contributed by atoms with E-state index < -0.39 is 21.7 Å². The second-order valence-corrected chi connectivity index (χ2v) is 12.9. The highest BCUT2D eigenvalue weighted by molar-refractivity contribution is 8.00. The Kier molecular flexibility index (Phi) is 8.79. The van der Waals surface area contributed by atoms with Crippen molar-refractivity contribution in [3.63, 3.8) is 0 Å². The summed E-state index contributed by atoms with van der Waals surface area (Å²) in [4.78, 5) is 13.8. The van der Waals surface area contributed by atoms with E-state index in [1.54, 1.807) is 36.4 Å². The Balaban J connectivity index is 1.37. The minimum absolute atomic E-state index is 0.143. The topological polar surface area (TPSA) is 95.9 Å². The van der Waals surface area contributed by atoms with Gasteiger partial charge in [-0.3, -0.25) is 9.69 Å². The molecule has 7 nitrogen and oxygen atoms in total. The standard InChI is InChI=1S/C28H32N2O5S2/c1-20-17-30(2)28(36-20)29-24-10-6-7-21(15-24)18-35-25-11-13-26(14-12-25)37(33,34)19-23(16-27(31)32)22-8-4-3-5-9-22/h3-15,20,23,28-29H,16-19H2,1-2H3,(H,31,32). The van der Waals surface area contributed by atoms with Gasteiger partial charge >= 0.3 is 5.97 Å². The molecule has 1 saturated heterocycles. The zero-order valence-electron chi connectivity index (χ0n) is 20.9. The molecule has 196 valence electrons. The van der Waals surface area contributed by atoms with E-state index in [2.05, 4.69) is 30.3 Å². The Morgan fingerprint density at radius 3 is 2.49 bits per heavy atom. The molecule has 0 spiro atoms. The van der Waals surface area contributed by atoms with Crippen LogP contribution in [-0.4, -0.2) is 54.5 Å². The maximum atomic E-state index is 13.1. The van der Waals surface area contributed by atoms with Crippen molar-refractivity contribution in [2.45, 2.75) is 41.5 Å². The van der Waals surface area contributed by atoms with Crippen LogP contribution in [0.5, 0.6) is 5.75 Å². The second kappa shape index (κ2) is 12.0. The molecule has 1 aliphatic rings. The van der Waals surface area contributed by atoms with Gasteiger partial charge in [0.05, 0.1) is 17.1 Å². The number of thioether (sulfide) groups is 1. The molecule has 0 aromatic heterocycles. The molecular formula is C28H32N2O5S2. The number of anilines is 1. The lowest BCUT2D eigenvalue weighted by Crippen LogP contribution is -2.30. The minimum Gasteiger partial charge on any atom is -0.489 e. The molecule has 0 amide bonds. The molecule has 3 atom stereocenters. The highest BCUT2D eigenvalue weighted by Crippen LogP contribution is 2.30. The van der Waals surface area contributed by atoms with E-state index >= 15 is 0 Å². The van der Waals surface area contributed by atoms with Gasteiger partial charge in [0.15, 0.2) is 9.84 Å². The summed E-state index contributed by atoms with van der Waals surface area (Å²) in [5.41, 5.74) is 2.95. The fourth-order valence-corrected chi connectivity index (χ4v) is 7.23. The first kappa shape index (κ1) is 27.0. The normalized spacial score (nSPS) is 18.9. The van der Waals surface area contributed by atoms with Crippen LogP contribution in [0, 0.1) is 0 Å². The van der Waals surface area contributed by atoms with Crippen LogP contribution in [0.2, 0.25) is 0 Å². The Bertz CT molecular complexity index is 1300. The molecule has 4 rings (SSSR count). The number of carbonyl (C=O) groups is 1. The van der Waals surface area contributed by atoms with Gasteiger partial charge in [0.1, 0.15) is 17.9 Å². The third kappa shape index (κ3) is 7.50. The lowest BCUT2D eigenvalue weighted by Gasteiger charge is -2.21. The first-order chi connectivity index (χ1) is 17.7. The van der Waals surface area contributed by atoms with Gasteiger partial charge in [-0.2, -0.15) is 0 Å². The van der Waals surface area contributed by atoms with Gasteiger partial charge in [-0.25, -0.2) is 8.42 Å². The third-order valence-corrected chi connectivity index (χ3v) is 9.41. The van der Waals surface area contributed by atoms with Crippen LogP contribution in [0.3, 0.4) is 0 Å². The predicted octanol–water partition coefficient (Wildman–Crippen LogP) is 5.06. The van der Waals surface area contributed by atoms with E-state index in [0.29, 0.717) is 23.2 Å². The number of hydrogen-bond acceptors (Lipinski definition) is 7. The summed E-state index contributed by atoms with van der Waals surface area (Å²) in [6.45, 7) is 3.62. The number of rotatable bonds is 11. The van der Waals surface area contributed by atoms with Crippen LogP contribution < -0.4 is 10.1 Å². The van der Waals surface area contributed by atoms with Crippen LogP contribution in [0.4, 0.5) is 5.69 Å². The molecule has 37 heavy (non-hydrogen) atoms. The van der Waals surface area contributed by atoms with Crippen LogP contribution >= 0.6 is 11.8 Å². The van der Waals surface area contributed by atoms with Crippen molar-refractivity contribution in [2.24, 2.45) is 0 Å². The molecular weight excluding hydrogens is 508 g/mol. The number of benzene rings is 3. The number of nitrogens with one attached hydrogen (secondary N) is 1. The van der Waals surface area contributed by atoms with Crippen molar-refractivity contribution in [3.05, 3.63) is 90.0 Å². The van der Waals surface area contributed by atoms with Crippen LogP contribution in [-0.2, 0) is 21.2 Å². The molecule has 3 aromatic rings. The molecule has 2 N–H and O–H groups in total. The van der Waals surface area contributed by atoms with Gasteiger partial charge in [-0.15, -0.1) is 11.8 Å². The fraction of sp³-hybridized carbons (Fsp3) is 0.321. The van der Waals surface area contributed by atoms with Crippen molar-refractivity contribution < 1.29 is 23.1 Å². The number of hydrogen-bond donors (Lipinski definition) is 2. The number of carboxylic acid groups (broad SMARTS) is 1. The molecule has 0 aliphatic carbocycles. The second-order valence-electron chi connectivity index (χ2n) is 9.33. The Morgan fingerprint density at radius 1 is 1.11 bits per heavy atom. The number of sulfone groups is 1. The fourth-order valence-electron chi connectivity index (χ4n) is 4.39. The lowest BCUT2D eigenvalue weighted by molar-refractivity contribution is -0.137. The molecule has 0 bridgehead atoms. The summed E-state index contributed by atoms with van der Waals surface area (Å²) < 4.78 is 32.0. The largest absolute Gasteiger partial charge is 0.489 e. The molecule has 0 radical (unpaired) electrons. The molecule has 1 fully saturated rings. The van der Waals surface area contributed by atoms with Gasteiger partial charge in [-0.05, 0) is 54.6 Å². The average Bonchev–Trinajstić information content (AvgIpc) is 3.19. The molecule has 1 heterocycles. The quantitative estimate of drug-likeness (QED) is 0.348. The van der Waals surface area contributed by atoms with Gasteiger partial charge in [-0.1, -0.05) is 49.4 Å². The van der Waals surface area contributed by atoms with E-state index in [-0.39, 0.29) is 22.6 Å². The van der Waals surface area contributed by atoms with Crippen molar-refractivity contribution >= 4 is 33.3 Å². The molecule has 3 aromatic carbocycles. The SMILES string of the molecule is CC1CN(C)C(Nc2cccc(COc3ccc(S(=O)(=O)CC(CC(=O)O)c4ccccc4)cc3)c2)S1. The summed E-state index contributed by atoms with van der Waals surface area (Å²) >= 11 is 1.90. The number of nitrogens with zero attached hydrogens (tertiary/aromatic N) is 1. The Labute approximate surface area is 222 Å². The van der Waals surface area contributed by atoms with Crippen LogP contribution in [0.15, 0.2) is 83.8 Å². The van der Waals surface area contributed by atoms with Gasteiger partial charge in [0.2, 0.25) is 0 Å². The molecule has 1 aliphatic heterocycles. The Hall–Kier alpha value is -3.01. The molecule has 3 unspecified atom stereocenters. The maximum Gasteiger partial charge on any atom is 0.303 e. The minimum atomic E-state index is -3.70. The maximum absolute atomic E-state index is 13.1. The van der Waals surface area contributed by atoms with Crippen LogP contribution in [0.1, 0.15) is 30.4 Å². The number of carboxylic acids is 1. The summed E-state index contributed by atoms with van der Waals surface area (Å²) in [7, 11) is -1.59. The lowest BCUT2D eigenvalue weighted by atomic mass is 9.98. The zero-order valence-corrected chi connectivity index (χ0v) is 22.5. The summed E-state index contributed by atoms with van der Waals surface area (Å²) in [5.74, 6) is -1.39. The van der Waals surface area contributed by atoms with E-state index in [1.807, 2.05) is 36.0 Å². The van der Waals surface area contributed by atoms with Crippen LogP contribution in [0.25, 0.3) is 0 Å².